The Morgan fingerprint density at radius 3 is 2.08 bits per heavy atom. The fourth-order valence-electron chi connectivity index (χ4n) is 5.72. The molecule has 1 amide bonds. The van der Waals surface area contributed by atoms with Crippen molar-refractivity contribution in [3.8, 4) is 11.5 Å². The Bertz CT molecular complexity index is 1300. The maximum atomic E-state index is 13.2. The van der Waals surface area contributed by atoms with Gasteiger partial charge in [0.05, 0.1) is 12.1 Å². The molecule has 5 rings (SSSR count). The third kappa shape index (κ3) is 6.09. The summed E-state index contributed by atoms with van der Waals surface area (Å²) >= 11 is 6.59. The van der Waals surface area contributed by atoms with Crippen LogP contribution in [0.15, 0.2) is 65.0 Å². The van der Waals surface area contributed by atoms with E-state index in [1.165, 1.54) is 19.7 Å². The summed E-state index contributed by atoms with van der Waals surface area (Å²) in [5, 5.41) is 2.76. The molecule has 0 aromatic heterocycles. The quantitative estimate of drug-likeness (QED) is 0.470. The number of benzene rings is 2. The molecule has 0 fully saturated rings. The SMILES string of the molecule is CCN1C2=C(C(=O)CCC2)C(c2cc(Cl)c(OCC(=O)NC)c(OC)c2)C2=C1CCCC2=O.Cc1ccccc1. The number of amides is 1. The first kappa shape index (κ1) is 29.4. The van der Waals surface area contributed by atoms with E-state index in [0.29, 0.717) is 29.7 Å². The number of carbonyl (C=O) groups is 3. The van der Waals surface area contributed by atoms with E-state index < -0.39 is 5.92 Å². The summed E-state index contributed by atoms with van der Waals surface area (Å²) in [4.78, 5) is 40.3. The number of allylic oxidation sites excluding steroid dienone is 4. The lowest BCUT2D eigenvalue weighted by molar-refractivity contribution is -0.122. The van der Waals surface area contributed by atoms with E-state index >= 15 is 0 Å². The number of ether oxygens (including phenoxy) is 2. The Morgan fingerprint density at radius 1 is 1.00 bits per heavy atom. The number of hydrogen-bond donors (Lipinski definition) is 1. The zero-order chi connectivity index (χ0) is 28.8. The lowest BCUT2D eigenvalue weighted by Gasteiger charge is -2.43. The summed E-state index contributed by atoms with van der Waals surface area (Å²) in [6.45, 7) is 4.66. The second-order valence-electron chi connectivity index (χ2n) is 10.1. The Morgan fingerprint density at radius 2 is 1.60 bits per heavy atom. The van der Waals surface area contributed by atoms with Gasteiger partial charge in [-0.25, -0.2) is 0 Å². The number of Topliss-reactive ketones (excluding diaryl/α,β-unsaturated/α-hetero) is 2. The van der Waals surface area contributed by atoms with Gasteiger partial charge >= 0.3 is 0 Å². The summed E-state index contributed by atoms with van der Waals surface area (Å²) < 4.78 is 11.1. The maximum absolute atomic E-state index is 13.2. The number of halogens is 1. The number of nitrogens with one attached hydrogen (secondary N) is 1. The van der Waals surface area contributed by atoms with Gasteiger partial charge in [0.15, 0.2) is 29.7 Å². The number of nitrogens with zero attached hydrogens (tertiary/aromatic N) is 1. The summed E-state index contributed by atoms with van der Waals surface area (Å²) in [5.41, 5.74) is 5.51. The van der Waals surface area contributed by atoms with Crippen molar-refractivity contribution in [2.24, 2.45) is 0 Å². The van der Waals surface area contributed by atoms with Crippen molar-refractivity contribution in [3.05, 3.63) is 81.2 Å². The molecular weight excluding hydrogens is 528 g/mol. The minimum absolute atomic E-state index is 0.0830. The molecule has 1 N–H and O–H groups in total. The van der Waals surface area contributed by atoms with Crippen LogP contribution < -0.4 is 14.8 Å². The van der Waals surface area contributed by atoms with Crippen molar-refractivity contribution in [1.29, 1.82) is 0 Å². The zero-order valence-corrected chi connectivity index (χ0v) is 24.4. The molecule has 0 bridgehead atoms. The van der Waals surface area contributed by atoms with E-state index in [9.17, 15) is 14.4 Å². The number of aryl methyl sites for hydroxylation is 1. The highest BCUT2D eigenvalue weighted by molar-refractivity contribution is 6.32. The van der Waals surface area contributed by atoms with Crippen LogP contribution >= 0.6 is 11.6 Å². The van der Waals surface area contributed by atoms with Crippen molar-refractivity contribution in [1.82, 2.24) is 10.2 Å². The van der Waals surface area contributed by atoms with Crippen LogP contribution in [0, 0.1) is 6.92 Å². The highest BCUT2D eigenvalue weighted by atomic mass is 35.5. The predicted molar refractivity (Wildman–Crippen MR) is 156 cm³/mol. The van der Waals surface area contributed by atoms with Crippen LogP contribution in [0.2, 0.25) is 5.02 Å². The fourth-order valence-corrected chi connectivity index (χ4v) is 6.00. The number of rotatable bonds is 6. The first-order valence-corrected chi connectivity index (χ1v) is 14.2. The zero-order valence-electron chi connectivity index (χ0n) is 23.6. The van der Waals surface area contributed by atoms with Gasteiger partial charge in [0.1, 0.15) is 0 Å². The molecule has 0 saturated heterocycles. The Labute approximate surface area is 241 Å². The van der Waals surface area contributed by atoms with Gasteiger partial charge in [-0.3, -0.25) is 14.4 Å². The second-order valence-corrected chi connectivity index (χ2v) is 10.5. The first-order valence-electron chi connectivity index (χ1n) is 13.8. The summed E-state index contributed by atoms with van der Waals surface area (Å²) in [6.07, 6.45) is 4.20. The van der Waals surface area contributed by atoms with Crippen molar-refractivity contribution >= 4 is 29.1 Å². The second kappa shape index (κ2) is 13.2. The highest BCUT2D eigenvalue weighted by Crippen LogP contribution is 2.51. The fraction of sp³-hybridized carbons (Fsp3) is 0.406. The molecule has 2 aliphatic carbocycles. The van der Waals surface area contributed by atoms with E-state index in [0.717, 1.165) is 49.2 Å². The van der Waals surface area contributed by atoms with Crippen LogP contribution in [0.25, 0.3) is 0 Å². The summed E-state index contributed by atoms with van der Waals surface area (Å²) in [6, 6.07) is 13.8. The lowest BCUT2D eigenvalue weighted by atomic mass is 9.71. The summed E-state index contributed by atoms with van der Waals surface area (Å²) in [7, 11) is 3.02. The van der Waals surface area contributed by atoms with Crippen molar-refractivity contribution in [2.45, 2.75) is 58.3 Å². The molecule has 1 heterocycles. The summed E-state index contributed by atoms with van der Waals surface area (Å²) in [5.74, 6) is 0.00688. The van der Waals surface area contributed by atoms with E-state index in [1.807, 2.05) is 18.2 Å². The number of hydrogen-bond acceptors (Lipinski definition) is 6. The van der Waals surface area contributed by atoms with Gasteiger partial charge in [-0.2, -0.15) is 0 Å². The van der Waals surface area contributed by atoms with Gasteiger partial charge in [0, 0.05) is 54.9 Å². The molecule has 40 heavy (non-hydrogen) atoms. The van der Waals surface area contributed by atoms with Crippen LogP contribution in [0.4, 0.5) is 0 Å². The molecule has 212 valence electrons. The largest absolute Gasteiger partial charge is 0.493 e. The van der Waals surface area contributed by atoms with Gasteiger partial charge in [-0.05, 0) is 57.2 Å². The molecular formula is C32H37ClN2O5. The van der Waals surface area contributed by atoms with Crippen molar-refractivity contribution in [3.63, 3.8) is 0 Å². The van der Waals surface area contributed by atoms with Crippen molar-refractivity contribution < 1.29 is 23.9 Å². The van der Waals surface area contributed by atoms with Gasteiger partial charge in [0.25, 0.3) is 5.91 Å². The normalized spacial score (nSPS) is 17.1. The van der Waals surface area contributed by atoms with E-state index in [4.69, 9.17) is 21.1 Å². The maximum Gasteiger partial charge on any atom is 0.257 e. The Hall–Kier alpha value is -3.58. The first-order chi connectivity index (χ1) is 19.3. The van der Waals surface area contributed by atoms with E-state index in [1.54, 1.807) is 12.1 Å². The van der Waals surface area contributed by atoms with Gasteiger partial charge in [0.2, 0.25) is 0 Å². The average molecular weight is 565 g/mol. The van der Waals surface area contributed by atoms with Crippen LogP contribution in [0.1, 0.15) is 62.5 Å². The molecule has 3 aliphatic rings. The van der Waals surface area contributed by atoms with E-state index in [2.05, 4.69) is 36.2 Å². The Kier molecular flexibility index (Phi) is 9.69. The van der Waals surface area contributed by atoms with Gasteiger partial charge in [-0.15, -0.1) is 0 Å². The highest BCUT2D eigenvalue weighted by Gasteiger charge is 2.43. The Balaban J connectivity index is 0.000000461. The van der Waals surface area contributed by atoms with Crippen LogP contribution in [0.5, 0.6) is 11.5 Å². The molecule has 0 radical (unpaired) electrons. The lowest BCUT2D eigenvalue weighted by Crippen LogP contribution is -2.39. The van der Waals surface area contributed by atoms with Gasteiger partial charge in [-0.1, -0.05) is 47.5 Å². The third-order valence-electron chi connectivity index (χ3n) is 7.55. The third-order valence-corrected chi connectivity index (χ3v) is 7.84. The average Bonchev–Trinajstić information content (AvgIpc) is 2.96. The molecule has 0 saturated carbocycles. The van der Waals surface area contributed by atoms with Crippen LogP contribution in [-0.2, 0) is 14.4 Å². The molecule has 2 aromatic rings. The minimum atomic E-state index is -0.474. The molecule has 7 nitrogen and oxygen atoms in total. The minimum Gasteiger partial charge on any atom is -0.493 e. The molecule has 0 unspecified atom stereocenters. The molecule has 1 aliphatic heterocycles. The number of likely N-dealkylation sites (N-methyl/N-ethyl adjacent to an activating group) is 1. The number of carbonyl (C=O) groups excluding carboxylic acids is 3. The topological polar surface area (TPSA) is 84.9 Å². The molecule has 0 atom stereocenters. The number of methoxy groups -OCH3 is 1. The standard InChI is InChI=1S/C25H29ClN2O5.C7H8/c1-4-28-16-7-5-9-18(29)23(16)22(24-17(28)8-6-10-19(24)30)14-11-15(26)25(20(12-14)32-3)33-13-21(31)27-2;1-7-5-3-2-4-6-7/h11-12,22H,4-10,13H2,1-3H3,(H,27,31);2-6H,1H3. The van der Waals surface area contributed by atoms with E-state index in [-0.39, 0.29) is 34.9 Å². The van der Waals surface area contributed by atoms with Gasteiger partial charge < -0.3 is 19.7 Å². The molecule has 0 spiro atoms. The van der Waals surface area contributed by atoms with Crippen molar-refractivity contribution in [2.75, 3.05) is 27.3 Å². The van der Waals surface area contributed by atoms with Crippen LogP contribution in [-0.4, -0.2) is 49.7 Å². The predicted octanol–water partition coefficient (Wildman–Crippen LogP) is 5.90. The molecule has 2 aromatic carbocycles. The number of ketones is 2. The smallest absolute Gasteiger partial charge is 0.257 e. The molecule has 8 heteroatoms. The monoisotopic (exact) mass is 564 g/mol. The van der Waals surface area contributed by atoms with Crippen LogP contribution in [0.3, 0.4) is 0 Å².